The summed E-state index contributed by atoms with van der Waals surface area (Å²) in [5.41, 5.74) is 7.99. The Labute approximate surface area is 243 Å². The molecule has 0 radical (unpaired) electrons. The fraction of sp³-hybridized carbons (Fsp3) is 0.200. The second-order valence-corrected chi connectivity index (χ2v) is 11.2. The third-order valence-electron chi connectivity index (χ3n) is 8.96. The number of amides is 3. The standard InChI is InChI=1S/C35H29N3O4/c1-21-11-15-23(16-12-21)38-33(40)31-30-25-7-3-5-9-27(25)35(32(31)34(38)41,28-10-6-4-8-26(28)30)20-36-37-29(39)19-22-13-17-24(42-2)18-14-22/h3-18,20,30-32H,19H2,1-2H3,(H,37,39)/b36-20-/t30?,31-,32+,35?/m1/s1. The first-order valence-electron chi connectivity index (χ1n) is 14.0. The molecule has 1 saturated heterocycles. The first kappa shape index (κ1) is 25.9. The summed E-state index contributed by atoms with van der Waals surface area (Å²) in [7, 11) is 1.60. The van der Waals surface area contributed by atoms with Crippen LogP contribution in [0.3, 0.4) is 0 Å². The number of ether oxygens (including phenoxy) is 1. The van der Waals surface area contributed by atoms with Crippen LogP contribution in [0.4, 0.5) is 5.69 Å². The van der Waals surface area contributed by atoms with Crippen molar-refractivity contribution in [2.75, 3.05) is 12.0 Å². The molecule has 208 valence electrons. The maximum atomic E-state index is 14.4. The SMILES string of the molecule is COc1ccc(CC(=O)N/N=C\C23c4ccccc4C(c4ccccc42)[C@H]2C(=O)N(c4ccc(C)cc4)C(=O)[C@H]23)cc1. The number of aryl methyl sites for hydroxylation is 1. The van der Waals surface area contributed by atoms with Gasteiger partial charge in [-0.05, 0) is 59.0 Å². The van der Waals surface area contributed by atoms with E-state index in [9.17, 15) is 14.4 Å². The zero-order valence-corrected chi connectivity index (χ0v) is 23.3. The van der Waals surface area contributed by atoms with Crippen molar-refractivity contribution in [3.63, 3.8) is 0 Å². The van der Waals surface area contributed by atoms with Gasteiger partial charge in [-0.15, -0.1) is 0 Å². The molecule has 7 nitrogen and oxygen atoms in total. The topological polar surface area (TPSA) is 88.1 Å². The van der Waals surface area contributed by atoms with Crippen LogP contribution < -0.4 is 15.1 Å². The number of anilines is 1. The molecule has 4 aliphatic rings. The number of rotatable bonds is 6. The molecule has 1 aliphatic heterocycles. The maximum Gasteiger partial charge on any atom is 0.244 e. The van der Waals surface area contributed by atoms with E-state index < -0.39 is 17.3 Å². The second kappa shape index (κ2) is 9.80. The number of hydrazone groups is 1. The molecule has 0 aromatic heterocycles. The van der Waals surface area contributed by atoms with Crippen LogP contribution in [0.1, 0.15) is 39.3 Å². The lowest BCUT2D eigenvalue weighted by molar-refractivity contribution is -0.123. The minimum Gasteiger partial charge on any atom is -0.497 e. The highest BCUT2D eigenvalue weighted by Crippen LogP contribution is 2.63. The van der Waals surface area contributed by atoms with Gasteiger partial charge in [0.2, 0.25) is 17.7 Å². The fourth-order valence-corrected chi connectivity index (χ4v) is 7.17. The summed E-state index contributed by atoms with van der Waals surface area (Å²) in [5, 5.41) is 4.49. The molecular formula is C35H29N3O4. The average molecular weight is 556 g/mol. The molecular weight excluding hydrogens is 526 g/mol. The van der Waals surface area contributed by atoms with Gasteiger partial charge in [-0.25, -0.2) is 10.3 Å². The first-order chi connectivity index (χ1) is 20.4. The Kier molecular flexibility index (Phi) is 6.04. The molecule has 0 unspecified atom stereocenters. The van der Waals surface area contributed by atoms with Crippen LogP contribution in [0.25, 0.3) is 0 Å². The van der Waals surface area contributed by atoms with Crippen LogP contribution in [-0.2, 0) is 26.2 Å². The Balaban J connectivity index is 1.32. The van der Waals surface area contributed by atoms with Gasteiger partial charge in [0.05, 0.1) is 36.5 Å². The Morgan fingerprint density at radius 1 is 0.881 bits per heavy atom. The van der Waals surface area contributed by atoms with E-state index in [0.29, 0.717) is 11.4 Å². The molecule has 3 amide bonds. The van der Waals surface area contributed by atoms with Crippen molar-refractivity contribution in [1.29, 1.82) is 0 Å². The average Bonchev–Trinajstić information content (AvgIpc) is 3.28. The van der Waals surface area contributed by atoms with Gasteiger partial charge in [-0.2, -0.15) is 5.10 Å². The van der Waals surface area contributed by atoms with Crippen LogP contribution in [0, 0.1) is 18.8 Å². The molecule has 4 aromatic rings. The van der Waals surface area contributed by atoms with E-state index >= 15 is 0 Å². The highest BCUT2D eigenvalue weighted by molar-refractivity contribution is 6.25. The molecule has 0 saturated carbocycles. The smallest absolute Gasteiger partial charge is 0.244 e. The molecule has 2 atom stereocenters. The zero-order chi connectivity index (χ0) is 29.0. The van der Waals surface area contributed by atoms with E-state index in [1.165, 1.54) is 4.90 Å². The molecule has 0 spiro atoms. The summed E-state index contributed by atoms with van der Waals surface area (Å²) in [6, 6.07) is 30.7. The molecule has 1 heterocycles. The Bertz CT molecular complexity index is 1710. The lowest BCUT2D eigenvalue weighted by atomic mass is 9.47. The summed E-state index contributed by atoms with van der Waals surface area (Å²) in [5.74, 6) is -1.58. The molecule has 42 heavy (non-hydrogen) atoms. The van der Waals surface area contributed by atoms with Crippen molar-refractivity contribution >= 4 is 29.6 Å². The molecule has 1 N–H and O–H groups in total. The lowest BCUT2D eigenvalue weighted by Crippen LogP contribution is -2.54. The van der Waals surface area contributed by atoms with E-state index in [0.717, 1.165) is 33.4 Å². The maximum absolute atomic E-state index is 14.4. The van der Waals surface area contributed by atoms with Crippen molar-refractivity contribution in [2.45, 2.75) is 24.7 Å². The van der Waals surface area contributed by atoms with Crippen molar-refractivity contribution in [1.82, 2.24) is 5.43 Å². The van der Waals surface area contributed by atoms with Gasteiger partial charge < -0.3 is 4.74 Å². The predicted molar refractivity (Wildman–Crippen MR) is 159 cm³/mol. The third-order valence-corrected chi connectivity index (χ3v) is 8.96. The third kappa shape index (κ3) is 3.73. The van der Waals surface area contributed by atoms with Crippen LogP contribution in [0.15, 0.2) is 102 Å². The number of carbonyl (C=O) groups is 3. The summed E-state index contributed by atoms with van der Waals surface area (Å²) in [4.78, 5) is 42.9. The highest BCUT2D eigenvalue weighted by Gasteiger charge is 2.68. The van der Waals surface area contributed by atoms with Crippen LogP contribution in [0.5, 0.6) is 5.75 Å². The molecule has 7 heteroatoms. The minimum atomic E-state index is -1.04. The van der Waals surface area contributed by atoms with Crippen LogP contribution in [-0.4, -0.2) is 31.0 Å². The number of imide groups is 1. The Morgan fingerprint density at radius 3 is 2.12 bits per heavy atom. The Hall–Kier alpha value is -5.04. The van der Waals surface area contributed by atoms with Gasteiger partial charge in [0.25, 0.3) is 0 Å². The van der Waals surface area contributed by atoms with E-state index in [1.54, 1.807) is 13.3 Å². The summed E-state index contributed by atoms with van der Waals surface area (Å²) < 4.78 is 5.20. The van der Waals surface area contributed by atoms with Crippen molar-refractivity contribution in [3.05, 3.63) is 130 Å². The zero-order valence-electron chi connectivity index (χ0n) is 23.3. The van der Waals surface area contributed by atoms with Gasteiger partial charge in [0.15, 0.2) is 0 Å². The second-order valence-electron chi connectivity index (χ2n) is 11.2. The molecule has 8 rings (SSSR count). The van der Waals surface area contributed by atoms with Gasteiger partial charge in [-0.1, -0.05) is 78.4 Å². The molecule has 4 aromatic carbocycles. The minimum absolute atomic E-state index is 0.133. The number of nitrogens with zero attached hydrogens (tertiary/aromatic N) is 2. The van der Waals surface area contributed by atoms with Crippen LogP contribution >= 0.6 is 0 Å². The first-order valence-corrected chi connectivity index (χ1v) is 14.0. The summed E-state index contributed by atoms with van der Waals surface area (Å²) in [6.07, 6.45) is 1.82. The van der Waals surface area contributed by atoms with Crippen molar-refractivity contribution in [2.24, 2.45) is 16.9 Å². The highest BCUT2D eigenvalue weighted by atomic mass is 16.5. The van der Waals surface area contributed by atoms with Gasteiger partial charge >= 0.3 is 0 Å². The number of carbonyl (C=O) groups excluding carboxylic acids is 3. The number of methoxy groups -OCH3 is 1. The molecule has 2 bridgehead atoms. The number of hydrogen-bond donors (Lipinski definition) is 1. The van der Waals surface area contributed by atoms with E-state index in [-0.39, 0.29) is 30.1 Å². The molecule has 1 fully saturated rings. The largest absolute Gasteiger partial charge is 0.497 e. The number of hydrogen-bond acceptors (Lipinski definition) is 5. The van der Waals surface area contributed by atoms with Gasteiger partial charge in [0, 0.05) is 12.1 Å². The summed E-state index contributed by atoms with van der Waals surface area (Å²) >= 11 is 0. The van der Waals surface area contributed by atoms with Crippen molar-refractivity contribution < 1.29 is 19.1 Å². The Morgan fingerprint density at radius 2 is 1.50 bits per heavy atom. The normalized spacial score (nSPS) is 23.5. The number of benzene rings is 4. The van der Waals surface area contributed by atoms with Gasteiger partial charge in [-0.3, -0.25) is 14.4 Å². The fourth-order valence-electron chi connectivity index (χ4n) is 7.17. The van der Waals surface area contributed by atoms with Gasteiger partial charge in [0.1, 0.15) is 5.75 Å². The van der Waals surface area contributed by atoms with E-state index in [1.807, 2.05) is 104 Å². The van der Waals surface area contributed by atoms with Crippen molar-refractivity contribution in [3.8, 4) is 5.75 Å². The monoisotopic (exact) mass is 555 g/mol. The molecule has 3 aliphatic carbocycles. The van der Waals surface area contributed by atoms with E-state index in [2.05, 4.69) is 10.5 Å². The van der Waals surface area contributed by atoms with Crippen LogP contribution in [0.2, 0.25) is 0 Å². The number of nitrogens with one attached hydrogen (secondary N) is 1. The summed E-state index contributed by atoms with van der Waals surface area (Å²) in [6.45, 7) is 1.97. The predicted octanol–water partition coefficient (Wildman–Crippen LogP) is 4.90. The quantitative estimate of drug-likeness (QED) is 0.208. The van der Waals surface area contributed by atoms with E-state index in [4.69, 9.17) is 4.74 Å². The lowest BCUT2D eigenvalue weighted by Gasteiger charge is -2.52.